The number of hydrogen-bond acceptors (Lipinski definition) is 8. The molecular weight excluding hydrogens is 494 g/mol. The van der Waals surface area contributed by atoms with Crippen molar-refractivity contribution in [2.75, 3.05) is 23.5 Å². The van der Waals surface area contributed by atoms with Crippen LogP contribution in [0.25, 0.3) is 17.0 Å². The molecule has 12 heteroatoms. The van der Waals surface area contributed by atoms with Gasteiger partial charge in [-0.25, -0.2) is 33.0 Å². The van der Waals surface area contributed by atoms with Gasteiger partial charge in [0.1, 0.15) is 28.8 Å². The molecule has 0 aliphatic carbocycles. The Kier molecular flexibility index (Phi) is 6.52. The van der Waals surface area contributed by atoms with Gasteiger partial charge in [0.05, 0.1) is 19.2 Å². The summed E-state index contributed by atoms with van der Waals surface area (Å²) in [7, 11) is 1.18. The van der Waals surface area contributed by atoms with Crippen molar-refractivity contribution in [2.45, 2.75) is 13.0 Å². The highest BCUT2D eigenvalue weighted by Crippen LogP contribution is 2.33. The van der Waals surface area contributed by atoms with E-state index in [1.54, 1.807) is 47.1 Å². The minimum atomic E-state index is -0.827. The lowest BCUT2D eigenvalue weighted by Crippen LogP contribution is -2.32. The number of carbonyl (C=O) groups excluding carboxylic acids is 1. The highest BCUT2D eigenvalue weighted by Gasteiger charge is 2.27. The Morgan fingerprint density at radius 3 is 2.18 bits per heavy atom. The molecule has 5 rings (SSSR count). The summed E-state index contributed by atoms with van der Waals surface area (Å²) in [4.78, 5) is 27.0. The summed E-state index contributed by atoms with van der Waals surface area (Å²) in [6.07, 6.45) is 0.909. The highest BCUT2D eigenvalue weighted by atomic mass is 19.1. The summed E-state index contributed by atoms with van der Waals surface area (Å²) in [6.45, 7) is -0.222. The predicted octanol–water partition coefficient (Wildman–Crippen LogP) is 3.99. The van der Waals surface area contributed by atoms with Crippen LogP contribution < -0.4 is 16.4 Å². The summed E-state index contributed by atoms with van der Waals surface area (Å²) in [5.41, 5.74) is 14.0. The van der Waals surface area contributed by atoms with Gasteiger partial charge in [0.15, 0.2) is 17.5 Å². The van der Waals surface area contributed by atoms with Crippen molar-refractivity contribution in [1.29, 1.82) is 0 Å². The number of anilines is 3. The van der Waals surface area contributed by atoms with E-state index in [9.17, 15) is 13.6 Å². The van der Waals surface area contributed by atoms with Crippen molar-refractivity contribution in [3.8, 4) is 11.5 Å². The number of methoxy groups -OCH3 is 1. The number of halogens is 2. The molecule has 0 spiro atoms. The molecule has 38 heavy (non-hydrogen) atoms. The number of nitrogen functional groups attached to an aromatic ring is 2. The molecular formula is C26H22F2N8O2. The Bertz CT molecular complexity index is 1630. The number of aromatic nitrogens is 5. The molecule has 0 atom stereocenters. The van der Waals surface area contributed by atoms with Crippen LogP contribution in [0, 0.1) is 11.6 Å². The Balaban J connectivity index is 1.58. The largest absolute Gasteiger partial charge is 0.452 e. The monoisotopic (exact) mass is 516 g/mol. The zero-order chi connectivity index (χ0) is 26.8. The third kappa shape index (κ3) is 4.54. The molecule has 3 aromatic heterocycles. The normalized spacial score (nSPS) is 11.0. The minimum Gasteiger partial charge on any atom is -0.452 e. The van der Waals surface area contributed by atoms with Crippen molar-refractivity contribution < 1.29 is 18.3 Å². The van der Waals surface area contributed by atoms with E-state index in [0.717, 1.165) is 4.90 Å². The van der Waals surface area contributed by atoms with Crippen LogP contribution in [-0.2, 0) is 17.7 Å². The van der Waals surface area contributed by atoms with Crippen LogP contribution >= 0.6 is 0 Å². The maximum Gasteiger partial charge on any atom is 0.414 e. The number of imidazole rings is 1. The fraction of sp³-hybridized carbons (Fsp3) is 0.115. The third-order valence-corrected chi connectivity index (χ3v) is 5.89. The van der Waals surface area contributed by atoms with Gasteiger partial charge in [-0.15, -0.1) is 0 Å². The minimum absolute atomic E-state index is 0.0305. The summed E-state index contributed by atoms with van der Waals surface area (Å²) in [6, 6.07) is 15.8. The first-order valence-electron chi connectivity index (χ1n) is 11.5. The number of rotatable bonds is 6. The molecule has 5 aromatic rings. The van der Waals surface area contributed by atoms with Crippen molar-refractivity contribution in [3.63, 3.8) is 0 Å². The molecule has 192 valence electrons. The Labute approximate surface area is 215 Å². The fourth-order valence-corrected chi connectivity index (χ4v) is 4.10. The SMILES string of the molecule is COC(=O)N(Cc1ccccc1F)c1c(N)nc(-c2nc(Cc3ccccc3F)n3ncccc23)nc1N. The van der Waals surface area contributed by atoms with Gasteiger partial charge in [-0.3, -0.25) is 4.90 Å². The number of fused-ring (bicyclic) bond motifs is 1. The van der Waals surface area contributed by atoms with E-state index in [2.05, 4.69) is 20.1 Å². The molecule has 0 aliphatic rings. The Hall–Kier alpha value is -5.13. The summed E-state index contributed by atoms with van der Waals surface area (Å²) < 4.78 is 35.1. The number of benzene rings is 2. The second-order valence-electron chi connectivity index (χ2n) is 8.28. The van der Waals surface area contributed by atoms with E-state index < -0.39 is 11.9 Å². The second kappa shape index (κ2) is 10.1. The van der Waals surface area contributed by atoms with E-state index in [1.165, 1.54) is 31.4 Å². The van der Waals surface area contributed by atoms with Gasteiger partial charge in [0, 0.05) is 18.2 Å². The van der Waals surface area contributed by atoms with Gasteiger partial charge in [-0.1, -0.05) is 36.4 Å². The molecule has 0 saturated heterocycles. The zero-order valence-electron chi connectivity index (χ0n) is 20.2. The van der Waals surface area contributed by atoms with E-state index in [-0.39, 0.29) is 47.5 Å². The molecule has 0 saturated carbocycles. The molecule has 0 radical (unpaired) electrons. The lowest BCUT2D eigenvalue weighted by molar-refractivity contribution is 0.178. The predicted molar refractivity (Wildman–Crippen MR) is 137 cm³/mol. The average Bonchev–Trinajstić information content (AvgIpc) is 3.28. The number of hydrogen-bond donors (Lipinski definition) is 2. The van der Waals surface area contributed by atoms with Crippen LogP contribution in [0.3, 0.4) is 0 Å². The van der Waals surface area contributed by atoms with E-state index >= 15 is 0 Å². The fourth-order valence-electron chi connectivity index (χ4n) is 4.10. The molecule has 0 aliphatic heterocycles. The van der Waals surface area contributed by atoms with Crippen molar-refractivity contribution in [1.82, 2.24) is 24.6 Å². The van der Waals surface area contributed by atoms with E-state index in [1.807, 2.05) is 0 Å². The molecule has 10 nitrogen and oxygen atoms in total. The number of carbonyl (C=O) groups is 1. The summed E-state index contributed by atoms with van der Waals surface area (Å²) >= 11 is 0. The van der Waals surface area contributed by atoms with Gasteiger partial charge in [-0.2, -0.15) is 5.10 Å². The van der Waals surface area contributed by atoms with Gasteiger partial charge < -0.3 is 16.2 Å². The zero-order valence-corrected chi connectivity index (χ0v) is 20.2. The molecule has 2 aromatic carbocycles. The third-order valence-electron chi connectivity index (χ3n) is 5.89. The molecule has 4 N–H and O–H groups in total. The molecule has 3 heterocycles. The van der Waals surface area contributed by atoms with Gasteiger partial charge in [0.2, 0.25) is 0 Å². The highest BCUT2D eigenvalue weighted by molar-refractivity contribution is 5.95. The van der Waals surface area contributed by atoms with E-state index in [4.69, 9.17) is 16.2 Å². The van der Waals surface area contributed by atoms with Crippen LogP contribution in [0.4, 0.5) is 30.9 Å². The topological polar surface area (TPSA) is 138 Å². The summed E-state index contributed by atoms with van der Waals surface area (Å²) in [5, 5.41) is 4.34. The van der Waals surface area contributed by atoms with Gasteiger partial charge in [0.25, 0.3) is 0 Å². The lowest BCUT2D eigenvalue weighted by Gasteiger charge is -2.23. The Morgan fingerprint density at radius 1 is 0.921 bits per heavy atom. The molecule has 0 fully saturated rings. The number of nitrogens with zero attached hydrogens (tertiary/aromatic N) is 6. The summed E-state index contributed by atoms with van der Waals surface area (Å²) in [5.74, 6) is -0.653. The van der Waals surface area contributed by atoms with Crippen LogP contribution in [-0.4, -0.2) is 37.8 Å². The second-order valence-corrected chi connectivity index (χ2v) is 8.28. The maximum atomic E-state index is 14.3. The average molecular weight is 517 g/mol. The van der Waals surface area contributed by atoms with Crippen molar-refractivity contribution in [2.24, 2.45) is 0 Å². The van der Waals surface area contributed by atoms with Gasteiger partial charge in [-0.05, 0) is 29.8 Å². The first-order chi connectivity index (χ1) is 18.4. The number of ether oxygens (including phenoxy) is 1. The van der Waals surface area contributed by atoms with E-state index in [0.29, 0.717) is 22.6 Å². The Morgan fingerprint density at radius 2 is 1.55 bits per heavy atom. The van der Waals surface area contributed by atoms with Crippen LogP contribution in [0.1, 0.15) is 17.0 Å². The standard InChI is InChI=1S/C26H22F2N8O2/c1-38-26(37)35(14-16-8-3-5-10-18(16)28)22-23(29)33-25(34-24(22)30)21-19-11-6-12-31-36(19)20(32-21)13-15-7-2-4-9-17(15)27/h2-12H,13-14H2,1H3,(H4,29,30,33,34). The van der Waals surface area contributed by atoms with Crippen LogP contribution in [0.2, 0.25) is 0 Å². The van der Waals surface area contributed by atoms with Crippen molar-refractivity contribution >= 4 is 28.9 Å². The molecule has 0 unspecified atom stereocenters. The maximum absolute atomic E-state index is 14.3. The van der Waals surface area contributed by atoms with Gasteiger partial charge >= 0.3 is 6.09 Å². The first kappa shape index (κ1) is 24.6. The first-order valence-corrected chi connectivity index (χ1v) is 11.5. The molecule has 1 amide bonds. The number of amides is 1. The smallest absolute Gasteiger partial charge is 0.414 e. The van der Waals surface area contributed by atoms with Crippen LogP contribution in [0.15, 0.2) is 66.9 Å². The lowest BCUT2D eigenvalue weighted by atomic mass is 10.1. The molecule has 0 bridgehead atoms. The quantitative estimate of drug-likeness (QED) is 0.346. The van der Waals surface area contributed by atoms with Crippen molar-refractivity contribution in [3.05, 3.63) is 95.4 Å². The number of nitrogens with two attached hydrogens (primary N) is 2. The van der Waals surface area contributed by atoms with Crippen LogP contribution in [0.5, 0.6) is 0 Å².